The summed E-state index contributed by atoms with van der Waals surface area (Å²) in [7, 11) is 2.13. The van der Waals surface area contributed by atoms with Crippen LogP contribution in [0.1, 0.15) is 25.8 Å². The molecule has 1 fully saturated rings. The SMILES string of the molecule is COc1cccc(C2(O)CCN(S(=O)(=O)C(C)C)CC2CN(C)C)c1. The van der Waals surface area contributed by atoms with Crippen molar-refractivity contribution in [2.45, 2.75) is 31.1 Å². The highest BCUT2D eigenvalue weighted by molar-refractivity contribution is 7.89. The summed E-state index contributed by atoms with van der Waals surface area (Å²) < 4.78 is 32.0. The summed E-state index contributed by atoms with van der Waals surface area (Å²) in [6.45, 7) is 4.61. The van der Waals surface area contributed by atoms with Crippen molar-refractivity contribution >= 4 is 10.0 Å². The van der Waals surface area contributed by atoms with Crippen LogP contribution in [-0.4, -0.2) is 68.8 Å². The molecule has 0 radical (unpaired) electrons. The minimum atomic E-state index is -3.33. The molecule has 0 aromatic heterocycles. The number of ether oxygens (including phenoxy) is 1. The van der Waals surface area contributed by atoms with Crippen LogP contribution in [-0.2, 0) is 15.6 Å². The summed E-state index contributed by atoms with van der Waals surface area (Å²) in [4.78, 5) is 1.99. The van der Waals surface area contributed by atoms with Crippen molar-refractivity contribution in [1.29, 1.82) is 0 Å². The van der Waals surface area contributed by atoms with E-state index in [1.807, 2.05) is 43.3 Å². The predicted molar refractivity (Wildman–Crippen MR) is 99.2 cm³/mol. The van der Waals surface area contributed by atoms with Crippen molar-refractivity contribution in [3.8, 4) is 5.75 Å². The smallest absolute Gasteiger partial charge is 0.216 e. The molecule has 7 heteroatoms. The molecule has 1 aliphatic heterocycles. The quantitative estimate of drug-likeness (QED) is 0.822. The van der Waals surface area contributed by atoms with Crippen molar-refractivity contribution in [2.24, 2.45) is 5.92 Å². The number of nitrogens with zero attached hydrogens (tertiary/aromatic N) is 2. The number of rotatable bonds is 6. The van der Waals surface area contributed by atoms with Gasteiger partial charge in [-0.3, -0.25) is 0 Å². The molecule has 1 N–H and O–H groups in total. The van der Waals surface area contributed by atoms with Gasteiger partial charge in [0.1, 0.15) is 5.75 Å². The Bertz CT molecular complexity index is 690. The Kier molecular flexibility index (Phi) is 6.14. The van der Waals surface area contributed by atoms with Gasteiger partial charge in [0.05, 0.1) is 18.0 Å². The maximum atomic E-state index is 12.6. The van der Waals surface area contributed by atoms with E-state index < -0.39 is 20.9 Å². The normalized spacial score (nSPS) is 25.5. The van der Waals surface area contributed by atoms with Gasteiger partial charge in [0, 0.05) is 25.6 Å². The zero-order chi connectivity index (χ0) is 18.8. The molecule has 1 aromatic carbocycles. The van der Waals surface area contributed by atoms with E-state index in [4.69, 9.17) is 4.74 Å². The molecule has 1 aromatic rings. The van der Waals surface area contributed by atoms with Crippen LogP contribution in [0.5, 0.6) is 5.75 Å². The van der Waals surface area contributed by atoms with E-state index in [2.05, 4.69) is 0 Å². The van der Waals surface area contributed by atoms with Crippen LogP contribution < -0.4 is 4.74 Å². The topological polar surface area (TPSA) is 70.1 Å². The number of benzene rings is 1. The second kappa shape index (κ2) is 7.61. The third-order valence-corrected chi connectivity index (χ3v) is 7.20. The molecule has 2 unspecified atom stereocenters. The fourth-order valence-electron chi connectivity index (χ4n) is 3.44. The molecule has 1 heterocycles. The Hall–Kier alpha value is -1.15. The average Bonchev–Trinajstić information content (AvgIpc) is 2.56. The second-order valence-corrected chi connectivity index (χ2v) is 9.81. The van der Waals surface area contributed by atoms with Crippen LogP contribution in [0, 0.1) is 5.92 Å². The lowest BCUT2D eigenvalue weighted by Crippen LogP contribution is -2.55. The van der Waals surface area contributed by atoms with E-state index in [0.29, 0.717) is 31.8 Å². The first-order chi connectivity index (χ1) is 11.6. The number of hydrogen-bond donors (Lipinski definition) is 1. The molecule has 0 aliphatic carbocycles. The Morgan fingerprint density at radius 2 is 2.08 bits per heavy atom. The minimum absolute atomic E-state index is 0.225. The lowest BCUT2D eigenvalue weighted by Gasteiger charge is -2.45. The van der Waals surface area contributed by atoms with Gasteiger partial charge < -0.3 is 14.7 Å². The zero-order valence-corrected chi connectivity index (χ0v) is 16.6. The van der Waals surface area contributed by atoms with Gasteiger partial charge in [0.15, 0.2) is 0 Å². The minimum Gasteiger partial charge on any atom is -0.497 e. The molecule has 142 valence electrons. The lowest BCUT2D eigenvalue weighted by molar-refractivity contribution is -0.0699. The molecule has 25 heavy (non-hydrogen) atoms. The second-order valence-electron chi connectivity index (χ2n) is 7.32. The number of hydrogen-bond acceptors (Lipinski definition) is 5. The third-order valence-electron chi connectivity index (χ3n) is 4.95. The summed E-state index contributed by atoms with van der Waals surface area (Å²) in [5.41, 5.74) is -0.303. The lowest BCUT2D eigenvalue weighted by atomic mass is 9.76. The van der Waals surface area contributed by atoms with Gasteiger partial charge in [-0.2, -0.15) is 0 Å². The Labute approximate surface area is 151 Å². The predicted octanol–water partition coefficient (Wildman–Crippen LogP) is 1.50. The Morgan fingerprint density at radius 1 is 1.40 bits per heavy atom. The van der Waals surface area contributed by atoms with Gasteiger partial charge in [-0.05, 0) is 52.1 Å². The highest BCUT2D eigenvalue weighted by Crippen LogP contribution is 2.40. The van der Waals surface area contributed by atoms with Crippen LogP contribution in [0.25, 0.3) is 0 Å². The largest absolute Gasteiger partial charge is 0.497 e. The van der Waals surface area contributed by atoms with Crippen LogP contribution in [0.4, 0.5) is 0 Å². The first-order valence-corrected chi connectivity index (χ1v) is 10.1. The average molecular weight is 371 g/mol. The molecular weight excluding hydrogens is 340 g/mol. The molecule has 6 nitrogen and oxygen atoms in total. The molecule has 1 saturated heterocycles. The van der Waals surface area contributed by atoms with Gasteiger partial charge in [0.25, 0.3) is 0 Å². The molecule has 0 saturated carbocycles. The highest BCUT2D eigenvalue weighted by atomic mass is 32.2. The Balaban J connectivity index is 2.37. The number of aliphatic hydroxyl groups is 1. The maximum absolute atomic E-state index is 12.6. The summed E-state index contributed by atoms with van der Waals surface area (Å²) in [6, 6.07) is 7.43. The molecule has 2 atom stereocenters. The number of methoxy groups -OCH3 is 1. The summed E-state index contributed by atoms with van der Waals surface area (Å²) in [6.07, 6.45) is 0.366. The zero-order valence-electron chi connectivity index (χ0n) is 15.8. The highest BCUT2D eigenvalue weighted by Gasteiger charge is 2.46. The van der Waals surface area contributed by atoms with Crippen molar-refractivity contribution in [3.05, 3.63) is 29.8 Å². The summed E-state index contributed by atoms with van der Waals surface area (Å²) in [5, 5.41) is 11.0. The fraction of sp³-hybridized carbons (Fsp3) is 0.667. The fourth-order valence-corrected chi connectivity index (χ4v) is 4.77. The molecule has 1 aliphatic rings. The van der Waals surface area contributed by atoms with Gasteiger partial charge >= 0.3 is 0 Å². The molecule has 2 rings (SSSR count). The van der Waals surface area contributed by atoms with E-state index in [1.165, 1.54) is 4.31 Å². The van der Waals surface area contributed by atoms with Crippen LogP contribution in [0.3, 0.4) is 0 Å². The van der Waals surface area contributed by atoms with Gasteiger partial charge in [-0.15, -0.1) is 0 Å². The van der Waals surface area contributed by atoms with Crippen LogP contribution >= 0.6 is 0 Å². The van der Waals surface area contributed by atoms with E-state index >= 15 is 0 Å². The first kappa shape index (κ1) is 20.2. The van der Waals surface area contributed by atoms with Crippen molar-refractivity contribution in [2.75, 3.05) is 40.8 Å². The van der Waals surface area contributed by atoms with Crippen molar-refractivity contribution < 1.29 is 18.3 Å². The van der Waals surface area contributed by atoms with Gasteiger partial charge in [-0.25, -0.2) is 12.7 Å². The summed E-state index contributed by atoms with van der Waals surface area (Å²) >= 11 is 0. The van der Waals surface area contributed by atoms with Crippen LogP contribution in [0.15, 0.2) is 24.3 Å². The van der Waals surface area contributed by atoms with Gasteiger partial charge in [0.2, 0.25) is 10.0 Å². The first-order valence-electron chi connectivity index (χ1n) is 8.62. The monoisotopic (exact) mass is 370 g/mol. The van der Waals surface area contributed by atoms with Crippen LogP contribution in [0.2, 0.25) is 0 Å². The molecule has 0 amide bonds. The molecule has 0 bridgehead atoms. The van der Waals surface area contributed by atoms with E-state index in [-0.39, 0.29) is 5.92 Å². The van der Waals surface area contributed by atoms with E-state index in [0.717, 1.165) is 5.56 Å². The van der Waals surface area contributed by atoms with Gasteiger partial charge in [-0.1, -0.05) is 12.1 Å². The molecule has 0 spiro atoms. The number of sulfonamides is 1. The van der Waals surface area contributed by atoms with Crippen molar-refractivity contribution in [3.63, 3.8) is 0 Å². The standard InChI is InChI=1S/C18H30N2O4S/c1-14(2)25(22,23)20-10-9-18(21,16(13-20)12-19(3)4)15-7-6-8-17(11-15)24-5/h6-8,11,14,16,21H,9-10,12-13H2,1-5H3. The third kappa shape index (κ3) is 4.16. The Morgan fingerprint density at radius 3 is 2.64 bits per heavy atom. The van der Waals surface area contributed by atoms with E-state index in [1.54, 1.807) is 21.0 Å². The van der Waals surface area contributed by atoms with E-state index in [9.17, 15) is 13.5 Å². The molecular formula is C18H30N2O4S. The van der Waals surface area contributed by atoms with Crippen molar-refractivity contribution in [1.82, 2.24) is 9.21 Å². The maximum Gasteiger partial charge on any atom is 0.216 e. The number of piperidine rings is 1. The summed E-state index contributed by atoms with van der Waals surface area (Å²) in [5.74, 6) is 0.462.